The van der Waals surface area contributed by atoms with Gasteiger partial charge in [-0.05, 0) is 57.2 Å². The Morgan fingerprint density at radius 3 is 2.86 bits per heavy atom. The molecule has 2 aliphatic rings. The number of carbonyl (C=O) groups excluding carboxylic acids is 1. The molecule has 6 heteroatoms. The quantitative estimate of drug-likeness (QED) is 0.900. The summed E-state index contributed by atoms with van der Waals surface area (Å²) >= 11 is 1.47. The number of amides is 1. The van der Waals surface area contributed by atoms with Crippen molar-refractivity contribution in [1.29, 1.82) is 0 Å². The highest BCUT2D eigenvalue weighted by Gasteiger charge is 2.40. The van der Waals surface area contributed by atoms with E-state index in [-0.39, 0.29) is 11.4 Å². The van der Waals surface area contributed by atoms with Crippen molar-refractivity contribution in [2.24, 2.45) is 4.36 Å². The van der Waals surface area contributed by atoms with Crippen LogP contribution >= 0.6 is 11.3 Å². The highest BCUT2D eigenvalue weighted by Crippen LogP contribution is 2.32. The van der Waals surface area contributed by atoms with Crippen LogP contribution in [0.5, 0.6) is 0 Å². The van der Waals surface area contributed by atoms with Crippen LogP contribution < -0.4 is 5.32 Å². The van der Waals surface area contributed by atoms with Crippen molar-refractivity contribution in [1.82, 2.24) is 5.32 Å². The molecule has 122 valence electrons. The minimum atomic E-state index is -2.42. The van der Waals surface area contributed by atoms with Crippen molar-refractivity contribution < 1.29 is 9.00 Å². The highest BCUT2D eigenvalue weighted by molar-refractivity contribution is 7.94. The Morgan fingerprint density at radius 2 is 2.23 bits per heavy atom. The molecule has 3 rings (SSSR count). The highest BCUT2D eigenvalue weighted by atomic mass is 32.2. The maximum absolute atomic E-state index is 13.1. The zero-order chi connectivity index (χ0) is 15.8. The third-order valence-corrected chi connectivity index (χ3v) is 8.32. The number of nitrogens with one attached hydrogen (secondary N) is 1. The van der Waals surface area contributed by atoms with Crippen molar-refractivity contribution in [2.45, 2.75) is 51.5 Å². The first kappa shape index (κ1) is 16.1. The van der Waals surface area contributed by atoms with E-state index in [1.165, 1.54) is 16.9 Å². The van der Waals surface area contributed by atoms with Crippen LogP contribution in [0, 0.1) is 6.92 Å². The van der Waals surface area contributed by atoms with Crippen LogP contribution in [0.2, 0.25) is 0 Å². The lowest BCUT2D eigenvalue weighted by Crippen LogP contribution is -2.49. The van der Waals surface area contributed by atoms with Crippen LogP contribution in [0.1, 0.15) is 52.7 Å². The van der Waals surface area contributed by atoms with Gasteiger partial charge in [-0.15, -0.1) is 11.3 Å². The van der Waals surface area contributed by atoms with E-state index >= 15 is 0 Å². The molecule has 2 aliphatic heterocycles. The number of rotatable bonds is 2. The molecule has 0 radical (unpaired) electrons. The Kier molecular flexibility index (Phi) is 4.45. The van der Waals surface area contributed by atoms with Crippen LogP contribution in [0.25, 0.3) is 0 Å². The second-order valence-corrected chi connectivity index (χ2v) is 10.2. The molecule has 3 heterocycles. The SMILES string of the molecule is CCc1cc(C(=O)N=S2(=O)CCCC3(CCCN3)C2)sc1C. The van der Waals surface area contributed by atoms with Crippen molar-refractivity contribution >= 4 is 27.0 Å². The summed E-state index contributed by atoms with van der Waals surface area (Å²) < 4.78 is 17.3. The third kappa shape index (κ3) is 3.14. The maximum atomic E-state index is 13.1. The predicted octanol–water partition coefficient (Wildman–Crippen LogP) is 3.14. The Bertz CT molecular complexity index is 693. The van der Waals surface area contributed by atoms with E-state index < -0.39 is 9.73 Å². The molecule has 2 atom stereocenters. The summed E-state index contributed by atoms with van der Waals surface area (Å²) in [5.74, 6) is 0.817. The van der Waals surface area contributed by atoms with Crippen LogP contribution in [0.15, 0.2) is 10.4 Å². The molecule has 1 spiro atoms. The summed E-state index contributed by atoms with van der Waals surface area (Å²) in [4.78, 5) is 14.2. The monoisotopic (exact) mass is 340 g/mol. The first-order valence-corrected chi connectivity index (χ1v) is 10.7. The van der Waals surface area contributed by atoms with Gasteiger partial charge in [-0.1, -0.05) is 6.92 Å². The van der Waals surface area contributed by atoms with Gasteiger partial charge in [-0.3, -0.25) is 4.79 Å². The van der Waals surface area contributed by atoms with Gasteiger partial charge >= 0.3 is 0 Å². The summed E-state index contributed by atoms with van der Waals surface area (Å²) in [5.41, 5.74) is 1.16. The fraction of sp³-hybridized carbons (Fsp3) is 0.688. The molecular formula is C16H24N2O2S2. The molecule has 2 saturated heterocycles. The van der Waals surface area contributed by atoms with Crippen LogP contribution in [0.3, 0.4) is 0 Å². The molecule has 0 saturated carbocycles. The lowest BCUT2D eigenvalue weighted by Gasteiger charge is -2.35. The Balaban J connectivity index is 1.85. The van der Waals surface area contributed by atoms with E-state index in [9.17, 15) is 9.00 Å². The van der Waals surface area contributed by atoms with E-state index in [4.69, 9.17) is 0 Å². The zero-order valence-electron chi connectivity index (χ0n) is 13.3. The molecular weight excluding hydrogens is 316 g/mol. The van der Waals surface area contributed by atoms with Gasteiger partial charge in [0, 0.05) is 16.2 Å². The van der Waals surface area contributed by atoms with Gasteiger partial charge in [0.05, 0.1) is 20.4 Å². The molecule has 1 aromatic rings. The minimum Gasteiger partial charge on any atom is -0.310 e. The zero-order valence-corrected chi connectivity index (χ0v) is 14.9. The van der Waals surface area contributed by atoms with E-state index in [0.717, 1.165) is 43.5 Å². The van der Waals surface area contributed by atoms with Gasteiger partial charge in [0.2, 0.25) is 0 Å². The van der Waals surface area contributed by atoms with Crippen molar-refractivity contribution in [3.63, 3.8) is 0 Å². The number of carbonyl (C=O) groups is 1. The number of hydrogen-bond acceptors (Lipinski definition) is 4. The number of hydrogen-bond donors (Lipinski definition) is 1. The second-order valence-electron chi connectivity index (χ2n) is 6.48. The molecule has 22 heavy (non-hydrogen) atoms. The lowest BCUT2D eigenvalue weighted by molar-refractivity contribution is 0.101. The summed E-state index contributed by atoms with van der Waals surface area (Å²) in [7, 11) is -2.42. The number of thiophene rings is 1. The van der Waals surface area contributed by atoms with Crippen LogP contribution in [0.4, 0.5) is 0 Å². The van der Waals surface area contributed by atoms with Gasteiger partial charge in [0.25, 0.3) is 5.91 Å². The Hall–Kier alpha value is -0.720. The summed E-state index contributed by atoms with van der Waals surface area (Å²) in [6.45, 7) is 5.10. The predicted molar refractivity (Wildman–Crippen MR) is 92.3 cm³/mol. The van der Waals surface area contributed by atoms with E-state index in [0.29, 0.717) is 16.4 Å². The van der Waals surface area contributed by atoms with Crippen molar-refractivity contribution in [2.75, 3.05) is 18.1 Å². The van der Waals surface area contributed by atoms with E-state index in [1.54, 1.807) is 0 Å². The molecule has 0 aliphatic carbocycles. The fourth-order valence-corrected chi connectivity index (χ4v) is 7.27. The topological polar surface area (TPSA) is 58.5 Å². The minimum absolute atomic E-state index is 0.0287. The van der Waals surface area contributed by atoms with Crippen molar-refractivity contribution in [3.8, 4) is 0 Å². The van der Waals surface area contributed by atoms with Gasteiger partial charge in [0.1, 0.15) is 0 Å². The molecule has 2 fully saturated rings. The normalized spacial score (nSPS) is 31.5. The van der Waals surface area contributed by atoms with Crippen molar-refractivity contribution in [3.05, 3.63) is 21.4 Å². The maximum Gasteiger partial charge on any atom is 0.295 e. The smallest absolute Gasteiger partial charge is 0.295 e. The summed E-state index contributed by atoms with van der Waals surface area (Å²) in [6, 6.07) is 1.92. The van der Waals surface area contributed by atoms with Gasteiger partial charge in [0.15, 0.2) is 0 Å². The lowest BCUT2D eigenvalue weighted by atomic mass is 9.94. The molecule has 0 bridgehead atoms. The van der Waals surface area contributed by atoms with Crippen LogP contribution in [-0.4, -0.2) is 33.7 Å². The Morgan fingerprint density at radius 1 is 1.45 bits per heavy atom. The molecule has 1 amide bonds. The first-order chi connectivity index (χ1) is 10.5. The standard InChI is InChI=1S/C16H24N2O2S2/c1-3-13-10-14(21-12(13)2)15(19)18-22(20)9-5-7-16(11-22)6-4-8-17-16/h10,17H,3-9,11H2,1-2H3. The van der Waals surface area contributed by atoms with Crippen LogP contribution in [-0.2, 0) is 16.1 Å². The second kappa shape index (κ2) is 6.06. The largest absolute Gasteiger partial charge is 0.310 e. The molecule has 0 aromatic carbocycles. The van der Waals surface area contributed by atoms with E-state index in [1.807, 2.05) is 13.0 Å². The third-order valence-electron chi connectivity index (χ3n) is 4.81. The molecule has 2 unspecified atom stereocenters. The molecule has 1 aromatic heterocycles. The summed E-state index contributed by atoms with van der Waals surface area (Å²) in [6.07, 6.45) is 5.06. The van der Waals surface area contributed by atoms with Gasteiger partial charge < -0.3 is 5.32 Å². The number of nitrogens with zero attached hydrogens (tertiary/aromatic N) is 1. The molecule has 1 N–H and O–H groups in total. The van der Waals surface area contributed by atoms with E-state index in [2.05, 4.69) is 16.6 Å². The van der Waals surface area contributed by atoms with Gasteiger partial charge in [-0.25, -0.2) is 4.21 Å². The summed E-state index contributed by atoms with van der Waals surface area (Å²) in [5, 5.41) is 3.51. The number of aryl methyl sites for hydroxylation is 2. The Labute approximate surface area is 136 Å². The van der Waals surface area contributed by atoms with Gasteiger partial charge in [-0.2, -0.15) is 4.36 Å². The first-order valence-electron chi connectivity index (χ1n) is 8.06. The fourth-order valence-electron chi connectivity index (χ4n) is 3.67. The molecule has 4 nitrogen and oxygen atoms in total. The average molecular weight is 341 g/mol. The average Bonchev–Trinajstić information content (AvgIpc) is 3.05.